The molecule has 186 valence electrons. The number of rotatable bonds is 5. The number of allylic oxidation sites excluding steroid dienone is 4. The summed E-state index contributed by atoms with van der Waals surface area (Å²) in [5.41, 5.74) is -2.42. The molecule has 10 heteroatoms. The quantitative estimate of drug-likeness (QED) is 0.418. The van der Waals surface area contributed by atoms with E-state index in [1.807, 2.05) is 13.0 Å². The van der Waals surface area contributed by atoms with Crippen molar-refractivity contribution in [1.29, 1.82) is 0 Å². The molecule has 0 aromatic heterocycles. The third-order valence-electron chi connectivity index (χ3n) is 8.66. The Kier molecular flexibility index (Phi) is 5.92. The standard InChI is InChI=1S/C24H30O9S/c1-22-9-7-15(25)11-14(22)5-6-16-17-8-10-24(33-21(28)31-3,19(27)13-32-34(4,29)30)23(17,2)12-18(26)20(16)22/h7,9,11,16-17,20H,5-6,8,10,12-13H2,1-4H3/t16-,17-,20+,22-,23-,24-/m0/s1. The van der Waals surface area contributed by atoms with Gasteiger partial charge in [0.25, 0.3) is 10.1 Å². The van der Waals surface area contributed by atoms with Gasteiger partial charge in [-0.25, -0.2) is 4.79 Å². The third kappa shape index (κ3) is 3.66. The fourth-order valence-electron chi connectivity index (χ4n) is 7.16. The van der Waals surface area contributed by atoms with Crippen molar-refractivity contribution in [3.63, 3.8) is 0 Å². The Morgan fingerprint density at radius 2 is 1.88 bits per heavy atom. The second-order valence-corrected chi connectivity index (χ2v) is 12.0. The molecule has 3 fully saturated rings. The second-order valence-electron chi connectivity index (χ2n) is 10.3. The van der Waals surface area contributed by atoms with Crippen molar-refractivity contribution in [2.45, 2.75) is 51.6 Å². The van der Waals surface area contributed by atoms with E-state index in [4.69, 9.17) is 8.92 Å². The van der Waals surface area contributed by atoms with Crippen molar-refractivity contribution < 1.29 is 41.3 Å². The van der Waals surface area contributed by atoms with Crippen LogP contribution in [-0.4, -0.2) is 57.5 Å². The Balaban J connectivity index is 1.74. The summed E-state index contributed by atoms with van der Waals surface area (Å²) in [5.74, 6) is -1.42. The molecule has 4 aliphatic carbocycles. The Morgan fingerprint density at radius 3 is 2.53 bits per heavy atom. The molecule has 0 radical (unpaired) electrons. The van der Waals surface area contributed by atoms with Crippen LogP contribution in [0.25, 0.3) is 0 Å². The highest BCUT2D eigenvalue weighted by atomic mass is 32.2. The van der Waals surface area contributed by atoms with E-state index >= 15 is 0 Å². The maximum absolute atomic E-state index is 13.7. The first-order chi connectivity index (χ1) is 15.8. The minimum absolute atomic E-state index is 0.0227. The summed E-state index contributed by atoms with van der Waals surface area (Å²) in [6, 6.07) is 0. The zero-order valence-corrected chi connectivity index (χ0v) is 20.6. The number of fused-ring (bicyclic) bond motifs is 5. The van der Waals surface area contributed by atoms with Crippen LogP contribution in [0.1, 0.15) is 46.0 Å². The maximum Gasteiger partial charge on any atom is 0.509 e. The minimum atomic E-state index is -3.92. The summed E-state index contributed by atoms with van der Waals surface area (Å²) in [6.45, 7) is 2.96. The summed E-state index contributed by atoms with van der Waals surface area (Å²) in [4.78, 5) is 51.4. The summed E-state index contributed by atoms with van der Waals surface area (Å²) < 4.78 is 38.1. The molecule has 34 heavy (non-hydrogen) atoms. The normalized spacial score (nSPS) is 38.9. The van der Waals surface area contributed by atoms with E-state index in [0.29, 0.717) is 19.3 Å². The number of hydrogen-bond donors (Lipinski definition) is 0. The average Bonchev–Trinajstić information content (AvgIpc) is 3.04. The van der Waals surface area contributed by atoms with E-state index in [0.717, 1.165) is 18.9 Å². The summed E-state index contributed by atoms with van der Waals surface area (Å²) >= 11 is 0. The lowest BCUT2D eigenvalue weighted by atomic mass is 9.46. The minimum Gasteiger partial charge on any atom is -0.438 e. The fraction of sp³-hybridized carbons (Fsp3) is 0.667. The van der Waals surface area contributed by atoms with Crippen LogP contribution >= 0.6 is 0 Å². The lowest BCUT2D eigenvalue weighted by Gasteiger charge is -2.57. The van der Waals surface area contributed by atoms with Gasteiger partial charge in [0, 0.05) is 23.2 Å². The van der Waals surface area contributed by atoms with Gasteiger partial charge in [0.05, 0.1) is 13.4 Å². The number of ether oxygens (including phenoxy) is 2. The highest BCUT2D eigenvalue weighted by Gasteiger charge is 2.70. The molecular formula is C24H30O9S. The molecular weight excluding hydrogens is 464 g/mol. The van der Waals surface area contributed by atoms with Gasteiger partial charge in [0.15, 0.2) is 11.4 Å². The van der Waals surface area contributed by atoms with Gasteiger partial charge in [0.1, 0.15) is 12.4 Å². The van der Waals surface area contributed by atoms with Crippen LogP contribution in [0.3, 0.4) is 0 Å². The maximum atomic E-state index is 13.7. The first-order valence-electron chi connectivity index (χ1n) is 11.4. The van der Waals surface area contributed by atoms with Gasteiger partial charge in [0.2, 0.25) is 5.78 Å². The van der Waals surface area contributed by atoms with Crippen LogP contribution in [0, 0.1) is 28.6 Å². The van der Waals surface area contributed by atoms with Crippen LogP contribution in [-0.2, 0) is 38.2 Å². The van der Waals surface area contributed by atoms with Crippen molar-refractivity contribution in [2.24, 2.45) is 28.6 Å². The van der Waals surface area contributed by atoms with Gasteiger partial charge < -0.3 is 9.47 Å². The van der Waals surface area contributed by atoms with Crippen LogP contribution in [0.5, 0.6) is 0 Å². The van der Waals surface area contributed by atoms with E-state index in [1.54, 1.807) is 13.0 Å². The molecule has 3 saturated carbocycles. The first-order valence-corrected chi connectivity index (χ1v) is 13.2. The number of Topliss-reactive ketones (excluding diaryl/α,β-unsaturated/α-hetero) is 2. The smallest absolute Gasteiger partial charge is 0.438 e. The molecule has 6 atom stereocenters. The predicted octanol–water partition coefficient (Wildman–Crippen LogP) is 2.54. The Bertz CT molecular complexity index is 1120. The molecule has 4 aliphatic rings. The van der Waals surface area contributed by atoms with Crippen molar-refractivity contribution in [2.75, 3.05) is 20.0 Å². The molecule has 0 aromatic carbocycles. The SMILES string of the molecule is COC(=O)O[C@]1(C(=O)COS(C)(=O)=O)CC[C@H]2[C@@H]3CCC4=CC(=O)C=C[C@]4(C)[C@H]3C(=O)C[C@@]21C. The molecule has 0 amide bonds. The van der Waals surface area contributed by atoms with Crippen LogP contribution in [0.15, 0.2) is 23.8 Å². The predicted molar refractivity (Wildman–Crippen MR) is 119 cm³/mol. The molecule has 0 aromatic rings. The van der Waals surface area contributed by atoms with Crippen LogP contribution < -0.4 is 0 Å². The Morgan fingerprint density at radius 1 is 1.18 bits per heavy atom. The van der Waals surface area contributed by atoms with Crippen molar-refractivity contribution in [3.8, 4) is 0 Å². The van der Waals surface area contributed by atoms with Gasteiger partial charge in [-0.15, -0.1) is 0 Å². The first kappa shape index (κ1) is 24.8. The lowest BCUT2D eigenvalue weighted by molar-refractivity contribution is -0.172. The summed E-state index contributed by atoms with van der Waals surface area (Å²) in [5, 5.41) is 0. The molecule has 0 heterocycles. The number of carbonyl (C=O) groups is 4. The number of methoxy groups -OCH3 is 1. The topological polar surface area (TPSA) is 130 Å². The van der Waals surface area contributed by atoms with E-state index in [1.165, 1.54) is 6.08 Å². The zero-order chi connectivity index (χ0) is 25.1. The Labute approximate surface area is 199 Å². The second kappa shape index (κ2) is 8.12. The van der Waals surface area contributed by atoms with E-state index < -0.39 is 45.1 Å². The molecule has 0 bridgehead atoms. The highest BCUT2D eigenvalue weighted by molar-refractivity contribution is 7.86. The molecule has 0 saturated heterocycles. The molecule has 9 nitrogen and oxygen atoms in total. The number of hydrogen-bond acceptors (Lipinski definition) is 9. The monoisotopic (exact) mass is 494 g/mol. The van der Waals surface area contributed by atoms with Gasteiger partial charge in [-0.1, -0.05) is 25.5 Å². The largest absolute Gasteiger partial charge is 0.509 e. The van der Waals surface area contributed by atoms with Crippen molar-refractivity contribution in [1.82, 2.24) is 0 Å². The van der Waals surface area contributed by atoms with Gasteiger partial charge in [-0.05, 0) is 49.7 Å². The van der Waals surface area contributed by atoms with Crippen molar-refractivity contribution in [3.05, 3.63) is 23.8 Å². The fourth-order valence-corrected chi connectivity index (χ4v) is 7.48. The van der Waals surface area contributed by atoms with Gasteiger partial charge in [-0.3, -0.25) is 18.6 Å². The molecule has 0 unspecified atom stereocenters. The van der Waals surface area contributed by atoms with E-state index in [9.17, 15) is 27.6 Å². The van der Waals surface area contributed by atoms with Gasteiger partial charge in [-0.2, -0.15) is 8.42 Å². The van der Waals surface area contributed by atoms with Crippen LogP contribution in [0.4, 0.5) is 4.79 Å². The van der Waals surface area contributed by atoms with E-state index in [2.05, 4.69) is 4.74 Å². The molecule has 0 N–H and O–H groups in total. The number of carbonyl (C=O) groups excluding carboxylic acids is 4. The van der Waals surface area contributed by atoms with Gasteiger partial charge >= 0.3 is 6.16 Å². The Hall–Kier alpha value is -2.33. The summed E-state index contributed by atoms with van der Waals surface area (Å²) in [6.07, 6.45) is 6.69. The third-order valence-corrected chi connectivity index (χ3v) is 9.20. The van der Waals surface area contributed by atoms with Crippen molar-refractivity contribution >= 4 is 33.6 Å². The molecule has 0 spiro atoms. The number of ketones is 3. The zero-order valence-electron chi connectivity index (χ0n) is 19.8. The summed E-state index contributed by atoms with van der Waals surface area (Å²) in [7, 11) is -2.79. The molecule has 4 rings (SSSR count). The van der Waals surface area contributed by atoms with Crippen LogP contribution in [0.2, 0.25) is 0 Å². The molecule has 0 aliphatic heterocycles. The average molecular weight is 495 g/mol. The highest BCUT2D eigenvalue weighted by Crippen LogP contribution is 2.67. The van der Waals surface area contributed by atoms with E-state index in [-0.39, 0.29) is 42.2 Å². The lowest BCUT2D eigenvalue weighted by Crippen LogP contribution is -2.62.